The van der Waals surface area contributed by atoms with E-state index in [2.05, 4.69) is 24.1 Å². The quantitative estimate of drug-likeness (QED) is 0.732. The van der Waals surface area contributed by atoms with E-state index < -0.39 is 0 Å². The molecule has 1 N–H and O–H groups in total. The zero-order chi connectivity index (χ0) is 14.7. The summed E-state index contributed by atoms with van der Waals surface area (Å²) in [7, 11) is 0. The van der Waals surface area contributed by atoms with Crippen LogP contribution in [0, 0.1) is 0 Å². The minimum absolute atomic E-state index is 0.0989. The number of nitrogens with one attached hydrogen (secondary N) is 1. The van der Waals surface area contributed by atoms with Crippen LogP contribution in [0.4, 0.5) is 0 Å². The molecule has 0 spiro atoms. The van der Waals surface area contributed by atoms with Crippen molar-refractivity contribution in [3.05, 3.63) is 0 Å². The highest BCUT2D eigenvalue weighted by Gasteiger charge is 2.26. The topological polar surface area (TPSA) is 55.9 Å². The Kier molecular flexibility index (Phi) is 4.99. The van der Waals surface area contributed by atoms with Gasteiger partial charge in [-0.1, -0.05) is 0 Å². The molecule has 0 bridgehead atoms. The maximum atomic E-state index is 12.3. The Morgan fingerprint density at radius 2 is 1.50 bits per heavy atom. The summed E-state index contributed by atoms with van der Waals surface area (Å²) in [6.07, 6.45) is 0. The van der Waals surface area contributed by atoms with E-state index in [1.165, 1.54) is 0 Å². The van der Waals surface area contributed by atoms with Crippen LogP contribution < -0.4 is 5.32 Å². The van der Waals surface area contributed by atoms with Crippen LogP contribution in [0.15, 0.2) is 0 Å². The first-order valence-electron chi connectivity index (χ1n) is 7.47. The van der Waals surface area contributed by atoms with Gasteiger partial charge in [0.2, 0.25) is 11.8 Å². The molecule has 0 radical (unpaired) electrons. The summed E-state index contributed by atoms with van der Waals surface area (Å²) in [5.41, 5.74) is 0. The van der Waals surface area contributed by atoms with Crippen molar-refractivity contribution in [1.29, 1.82) is 0 Å². The summed E-state index contributed by atoms with van der Waals surface area (Å²) in [4.78, 5) is 29.5. The largest absolute Gasteiger partial charge is 0.339 e. The molecular weight excluding hydrogens is 256 g/mol. The van der Waals surface area contributed by atoms with Crippen LogP contribution in [-0.2, 0) is 9.59 Å². The predicted octanol–water partition coefficient (Wildman–Crippen LogP) is -0.641. The Morgan fingerprint density at radius 1 is 1.00 bits per heavy atom. The Hall–Kier alpha value is -1.14. The Balaban J connectivity index is 1.79. The van der Waals surface area contributed by atoms with Crippen molar-refractivity contribution in [2.24, 2.45) is 0 Å². The number of amides is 2. The van der Waals surface area contributed by atoms with E-state index in [9.17, 15) is 9.59 Å². The molecule has 0 saturated carbocycles. The number of carbonyl (C=O) groups excluding carboxylic acids is 2. The molecule has 2 aliphatic heterocycles. The SMILES string of the molecule is CC(=O)N1CCN(C(=O)CN2CC(C)NC(C)C2)CC1. The van der Waals surface area contributed by atoms with Gasteiger partial charge in [0, 0.05) is 58.3 Å². The lowest BCUT2D eigenvalue weighted by molar-refractivity contribution is -0.139. The molecule has 0 aromatic carbocycles. The van der Waals surface area contributed by atoms with Crippen LogP contribution in [-0.4, -0.2) is 84.4 Å². The highest BCUT2D eigenvalue weighted by molar-refractivity contribution is 5.79. The fourth-order valence-corrected chi connectivity index (χ4v) is 3.13. The molecule has 2 rings (SSSR count). The van der Waals surface area contributed by atoms with Gasteiger partial charge < -0.3 is 15.1 Å². The first kappa shape index (κ1) is 15.3. The lowest BCUT2D eigenvalue weighted by Gasteiger charge is -2.38. The second-order valence-corrected chi connectivity index (χ2v) is 6.05. The number of hydrogen-bond acceptors (Lipinski definition) is 4. The van der Waals surface area contributed by atoms with Crippen molar-refractivity contribution in [2.75, 3.05) is 45.8 Å². The molecule has 20 heavy (non-hydrogen) atoms. The van der Waals surface area contributed by atoms with E-state index in [1.807, 2.05) is 4.90 Å². The lowest BCUT2D eigenvalue weighted by Crippen LogP contribution is -2.57. The second-order valence-electron chi connectivity index (χ2n) is 6.05. The molecule has 6 heteroatoms. The van der Waals surface area contributed by atoms with Crippen LogP contribution in [0.25, 0.3) is 0 Å². The van der Waals surface area contributed by atoms with Gasteiger partial charge in [-0.05, 0) is 13.8 Å². The fourth-order valence-electron chi connectivity index (χ4n) is 3.13. The maximum absolute atomic E-state index is 12.3. The molecule has 2 aliphatic rings. The van der Waals surface area contributed by atoms with Gasteiger partial charge in [-0.15, -0.1) is 0 Å². The molecule has 2 fully saturated rings. The van der Waals surface area contributed by atoms with Crippen LogP contribution in [0.5, 0.6) is 0 Å². The summed E-state index contributed by atoms with van der Waals surface area (Å²) in [6.45, 7) is 10.9. The van der Waals surface area contributed by atoms with Gasteiger partial charge in [-0.25, -0.2) is 0 Å². The predicted molar refractivity (Wildman–Crippen MR) is 77.3 cm³/mol. The maximum Gasteiger partial charge on any atom is 0.236 e. The molecule has 0 aromatic heterocycles. The molecular formula is C14H26N4O2. The Bertz CT molecular complexity index is 356. The minimum Gasteiger partial charge on any atom is -0.339 e. The standard InChI is InChI=1S/C14H26N4O2/c1-11-8-16(9-12(2)15-11)10-14(20)18-6-4-17(5-7-18)13(3)19/h11-12,15H,4-10H2,1-3H3. The van der Waals surface area contributed by atoms with Gasteiger partial charge in [0.25, 0.3) is 0 Å². The van der Waals surface area contributed by atoms with E-state index in [1.54, 1.807) is 11.8 Å². The normalized spacial score (nSPS) is 28.6. The van der Waals surface area contributed by atoms with Crippen molar-refractivity contribution in [3.8, 4) is 0 Å². The van der Waals surface area contributed by atoms with E-state index in [4.69, 9.17) is 0 Å². The molecule has 2 heterocycles. The molecule has 0 aromatic rings. The molecule has 2 amide bonds. The molecule has 0 aliphatic carbocycles. The van der Waals surface area contributed by atoms with Crippen molar-refractivity contribution >= 4 is 11.8 Å². The van der Waals surface area contributed by atoms with Crippen molar-refractivity contribution in [2.45, 2.75) is 32.9 Å². The first-order chi connectivity index (χ1) is 9.45. The van der Waals surface area contributed by atoms with Gasteiger partial charge in [-0.3, -0.25) is 14.5 Å². The number of rotatable bonds is 2. The summed E-state index contributed by atoms with van der Waals surface area (Å²) in [5, 5.41) is 3.47. The van der Waals surface area contributed by atoms with Crippen molar-refractivity contribution < 1.29 is 9.59 Å². The van der Waals surface area contributed by atoms with Gasteiger partial charge in [0.05, 0.1) is 6.54 Å². The number of piperazine rings is 2. The molecule has 114 valence electrons. The third-order valence-corrected chi connectivity index (χ3v) is 4.07. The van der Waals surface area contributed by atoms with E-state index in [0.29, 0.717) is 44.8 Å². The van der Waals surface area contributed by atoms with Gasteiger partial charge >= 0.3 is 0 Å². The lowest BCUT2D eigenvalue weighted by atomic mass is 10.1. The van der Waals surface area contributed by atoms with Crippen molar-refractivity contribution in [1.82, 2.24) is 20.0 Å². The van der Waals surface area contributed by atoms with E-state index >= 15 is 0 Å². The van der Waals surface area contributed by atoms with E-state index in [0.717, 1.165) is 13.1 Å². The average molecular weight is 282 g/mol. The highest BCUT2D eigenvalue weighted by Crippen LogP contribution is 2.07. The van der Waals surface area contributed by atoms with E-state index in [-0.39, 0.29) is 11.8 Å². The number of nitrogens with zero attached hydrogens (tertiary/aromatic N) is 3. The summed E-state index contributed by atoms with van der Waals surface area (Å²) >= 11 is 0. The van der Waals surface area contributed by atoms with Crippen molar-refractivity contribution in [3.63, 3.8) is 0 Å². The fraction of sp³-hybridized carbons (Fsp3) is 0.857. The van der Waals surface area contributed by atoms with Crippen LogP contribution in [0.1, 0.15) is 20.8 Å². The minimum atomic E-state index is 0.0989. The molecule has 2 unspecified atom stereocenters. The highest BCUT2D eigenvalue weighted by atomic mass is 16.2. The van der Waals surface area contributed by atoms with Gasteiger partial charge in [0.1, 0.15) is 0 Å². The summed E-state index contributed by atoms with van der Waals surface area (Å²) in [5.74, 6) is 0.288. The zero-order valence-corrected chi connectivity index (χ0v) is 12.8. The molecule has 2 atom stereocenters. The third kappa shape index (κ3) is 3.93. The van der Waals surface area contributed by atoms with Crippen LogP contribution in [0.2, 0.25) is 0 Å². The van der Waals surface area contributed by atoms with Gasteiger partial charge in [-0.2, -0.15) is 0 Å². The molecule has 6 nitrogen and oxygen atoms in total. The third-order valence-electron chi connectivity index (χ3n) is 4.07. The summed E-state index contributed by atoms with van der Waals surface area (Å²) < 4.78 is 0. The van der Waals surface area contributed by atoms with Gasteiger partial charge in [0.15, 0.2) is 0 Å². The second kappa shape index (κ2) is 6.54. The Labute approximate surface area is 121 Å². The monoisotopic (exact) mass is 282 g/mol. The molecule has 2 saturated heterocycles. The summed E-state index contributed by atoms with van der Waals surface area (Å²) in [6, 6.07) is 0.863. The first-order valence-corrected chi connectivity index (χ1v) is 7.47. The Morgan fingerprint density at radius 3 is 2.00 bits per heavy atom. The average Bonchev–Trinajstić information content (AvgIpc) is 2.37. The smallest absolute Gasteiger partial charge is 0.236 e. The van der Waals surface area contributed by atoms with Crippen LogP contribution >= 0.6 is 0 Å². The van der Waals surface area contributed by atoms with Crippen LogP contribution in [0.3, 0.4) is 0 Å². The number of carbonyl (C=O) groups is 2. The number of hydrogen-bond donors (Lipinski definition) is 1. The zero-order valence-electron chi connectivity index (χ0n) is 12.8.